The lowest BCUT2D eigenvalue weighted by molar-refractivity contribution is 1.25. The number of imidazole rings is 1. The van der Waals surface area contributed by atoms with E-state index in [4.69, 9.17) is 28.2 Å². The molecule has 4 aromatic rings. The SMILES string of the molecule is Cc1ccc2sc3nc(-c4ccc(Cl)c(Cl)c4)cn3c2c1C. The minimum absolute atomic E-state index is 0.549. The van der Waals surface area contributed by atoms with E-state index in [1.54, 1.807) is 17.4 Å². The zero-order valence-corrected chi connectivity index (χ0v) is 14.4. The Hall–Kier alpha value is -1.55. The fraction of sp³-hybridized carbons (Fsp3) is 0.118. The van der Waals surface area contributed by atoms with E-state index in [0.29, 0.717) is 10.0 Å². The van der Waals surface area contributed by atoms with Crippen molar-refractivity contribution in [2.75, 3.05) is 0 Å². The first-order chi connectivity index (χ1) is 10.5. The van der Waals surface area contributed by atoms with E-state index in [1.165, 1.54) is 21.3 Å². The van der Waals surface area contributed by atoms with Crippen LogP contribution in [0.5, 0.6) is 0 Å². The maximum Gasteiger partial charge on any atom is 0.195 e. The van der Waals surface area contributed by atoms with Crippen molar-refractivity contribution in [1.29, 1.82) is 0 Å². The van der Waals surface area contributed by atoms with Gasteiger partial charge in [-0.15, -0.1) is 0 Å². The molecular formula is C17H12Cl2N2S. The molecule has 0 N–H and O–H groups in total. The number of aryl methyl sites for hydroxylation is 2. The highest BCUT2D eigenvalue weighted by Crippen LogP contribution is 2.33. The first kappa shape index (κ1) is 14.1. The fourth-order valence-electron chi connectivity index (χ4n) is 2.65. The summed E-state index contributed by atoms with van der Waals surface area (Å²) in [5.41, 5.74) is 5.70. The van der Waals surface area contributed by atoms with E-state index in [2.05, 4.69) is 36.6 Å². The topological polar surface area (TPSA) is 17.3 Å². The molecule has 0 aliphatic carbocycles. The highest BCUT2D eigenvalue weighted by atomic mass is 35.5. The zero-order chi connectivity index (χ0) is 15.4. The minimum Gasteiger partial charge on any atom is -0.289 e. The number of benzene rings is 2. The quantitative estimate of drug-likeness (QED) is 0.404. The standard InChI is InChI=1S/C17H12Cl2N2S/c1-9-3-6-15-16(10(9)2)21-8-14(20-17(21)22-15)11-4-5-12(18)13(19)7-11/h3-8H,1-2H3. The first-order valence-corrected chi connectivity index (χ1v) is 8.45. The van der Waals surface area contributed by atoms with Gasteiger partial charge in [0.25, 0.3) is 0 Å². The average Bonchev–Trinajstić information content (AvgIpc) is 3.03. The fourth-order valence-corrected chi connectivity index (χ4v) is 4.01. The molecule has 0 bridgehead atoms. The normalized spacial score (nSPS) is 11.6. The van der Waals surface area contributed by atoms with Gasteiger partial charge >= 0.3 is 0 Å². The summed E-state index contributed by atoms with van der Waals surface area (Å²) in [6.07, 6.45) is 2.07. The molecule has 22 heavy (non-hydrogen) atoms. The third-order valence-electron chi connectivity index (χ3n) is 4.00. The molecular weight excluding hydrogens is 335 g/mol. The molecule has 0 saturated carbocycles. The highest BCUT2D eigenvalue weighted by molar-refractivity contribution is 7.23. The van der Waals surface area contributed by atoms with Crippen LogP contribution in [-0.4, -0.2) is 9.38 Å². The number of hydrogen-bond donors (Lipinski definition) is 0. The molecule has 0 saturated heterocycles. The van der Waals surface area contributed by atoms with Gasteiger partial charge in [-0.2, -0.15) is 0 Å². The Labute approximate surface area is 141 Å². The van der Waals surface area contributed by atoms with Crippen LogP contribution in [0.4, 0.5) is 0 Å². The van der Waals surface area contributed by atoms with Gasteiger partial charge in [0.2, 0.25) is 0 Å². The molecule has 0 fully saturated rings. The monoisotopic (exact) mass is 346 g/mol. The van der Waals surface area contributed by atoms with Crippen molar-refractivity contribution >= 4 is 49.7 Å². The molecule has 0 atom stereocenters. The molecule has 0 aliphatic rings. The summed E-state index contributed by atoms with van der Waals surface area (Å²) in [5, 5.41) is 1.11. The molecule has 0 radical (unpaired) electrons. The van der Waals surface area contributed by atoms with Crippen LogP contribution in [-0.2, 0) is 0 Å². The van der Waals surface area contributed by atoms with E-state index in [1.807, 2.05) is 12.1 Å². The molecule has 0 amide bonds. The van der Waals surface area contributed by atoms with Crippen molar-refractivity contribution in [3.63, 3.8) is 0 Å². The van der Waals surface area contributed by atoms with Crippen LogP contribution in [0.2, 0.25) is 10.0 Å². The van der Waals surface area contributed by atoms with Gasteiger partial charge in [0.1, 0.15) is 0 Å². The van der Waals surface area contributed by atoms with Gasteiger partial charge in [0, 0.05) is 11.8 Å². The van der Waals surface area contributed by atoms with Crippen molar-refractivity contribution in [3.8, 4) is 11.3 Å². The van der Waals surface area contributed by atoms with Gasteiger partial charge in [-0.3, -0.25) is 4.40 Å². The number of nitrogens with zero attached hydrogens (tertiary/aromatic N) is 2. The number of hydrogen-bond acceptors (Lipinski definition) is 2. The molecule has 2 nitrogen and oxygen atoms in total. The summed E-state index contributed by atoms with van der Waals surface area (Å²) >= 11 is 13.8. The predicted molar refractivity (Wildman–Crippen MR) is 95.5 cm³/mol. The van der Waals surface area contributed by atoms with E-state index in [-0.39, 0.29) is 0 Å². The Kier molecular flexibility index (Phi) is 3.19. The summed E-state index contributed by atoms with van der Waals surface area (Å²) in [4.78, 5) is 5.73. The van der Waals surface area contributed by atoms with Gasteiger partial charge < -0.3 is 0 Å². The number of thiazole rings is 1. The zero-order valence-electron chi connectivity index (χ0n) is 12.0. The molecule has 5 heteroatoms. The Morgan fingerprint density at radius 2 is 1.86 bits per heavy atom. The predicted octanol–water partition coefficient (Wildman–Crippen LogP) is 6.14. The van der Waals surface area contributed by atoms with Crippen LogP contribution in [0, 0.1) is 13.8 Å². The van der Waals surface area contributed by atoms with Gasteiger partial charge in [0.15, 0.2) is 4.96 Å². The molecule has 0 aliphatic heterocycles. The Balaban J connectivity index is 1.98. The third kappa shape index (κ3) is 2.04. The molecule has 4 rings (SSSR count). The highest BCUT2D eigenvalue weighted by Gasteiger charge is 2.13. The van der Waals surface area contributed by atoms with Crippen molar-refractivity contribution in [3.05, 3.63) is 57.7 Å². The second-order valence-electron chi connectivity index (χ2n) is 5.36. The van der Waals surface area contributed by atoms with Gasteiger partial charge in [-0.1, -0.05) is 46.7 Å². The van der Waals surface area contributed by atoms with Crippen LogP contribution < -0.4 is 0 Å². The third-order valence-corrected chi connectivity index (χ3v) is 5.75. The lowest BCUT2D eigenvalue weighted by Gasteiger charge is -2.02. The smallest absolute Gasteiger partial charge is 0.195 e. The maximum absolute atomic E-state index is 6.11. The number of aromatic nitrogens is 2. The molecule has 0 unspecified atom stereocenters. The summed E-state index contributed by atoms with van der Waals surface area (Å²) in [5.74, 6) is 0. The number of rotatable bonds is 1. The van der Waals surface area contributed by atoms with Crippen LogP contribution in [0.25, 0.3) is 26.4 Å². The Morgan fingerprint density at radius 1 is 1.05 bits per heavy atom. The lowest BCUT2D eigenvalue weighted by atomic mass is 10.1. The van der Waals surface area contributed by atoms with E-state index in [0.717, 1.165) is 16.2 Å². The summed E-state index contributed by atoms with van der Waals surface area (Å²) in [6, 6.07) is 9.93. The molecule has 2 aromatic heterocycles. The second-order valence-corrected chi connectivity index (χ2v) is 7.19. The van der Waals surface area contributed by atoms with Gasteiger partial charge in [0.05, 0.1) is 26.0 Å². The molecule has 0 spiro atoms. The Morgan fingerprint density at radius 3 is 2.64 bits per heavy atom. The maximum atomic E-state index is 6.11. The van der Waals surface area contributed by atoms with Gasteiger partial charge in [-0.05, 0) is 43.2 Å². The van der Waals surface area contributed by atoms with Crippen LogP contribution >= 0.6 is 34.5 Å². The lowest BCUT2D eigenvalue weighted by Crippen LogP contribution is -1.85. The van der Waals surface area contributed by atoms with Gasteiger partial charge in [-0.25, -0.2) is 4.98 Å². The summed E-state index contributed by atoms with van der Waals surface area (Å²) in [6.45, 7) is 4.29. The minimum atomic E-state index is 0.549. The van der Waals surface area contributed by atoms with E-state index >= 15 is 0 Å². The average molecular weight is 347 g/mol. The van der Waals surface area contributed by atoms with E-state index in [9.17, 15) is 0 Å². The van der Waals surface area contributed by atoms with Crippen molar-refractivity contribution in [1.82, 2.24) is 9.38 Å². The first-order valence-electron chi connectivity index (χ1n) is 6.88. The second kappa shape index (κ2) is 4.98. The van der Waals surface area contributed by atoms with Crippen molar-refractivity contribution in [2.45, 2.75) is 13.8 Å². The summed E-state index contributed by atoms with van der Waals surface area (Å²) in [7, 11) is 0. The molecule has 110 valence electrons. The summed E-state index contributed by atoms with van der Waals surface area (Å²) < 4.78 is 3.42. The number of halogens is 2. The van der Waals surface area contributed by atoms with Crippen LogP contribution in [0.3, 0.4) is 0 Å². The largest absolute Gasteiger partial charge is 0.289 e. The Bertz CT molecular complexity index is 1030. The molecule has 2 heterocycles. The van der Waals surface area contributed by atoms with Crippen molar-refractivity contribution < 1.29 is 0 Å². The van der Waals surface area contributed by atoms with Crippen molar-refractivity contribution in [2.24, 2.45) is 0 Å². The number of fused-ring (bicyclic) bond motifs is 3. The molecule has 2 aromatic carbocycles. The van der Waals surface area contributed by atoms with Crippen LogP contribution in [0.15, 0.2) is 36.5 Å². The van der Waals surface area contributed by atoms with Crippen LogP contribution in [0.1, 0.15) is 11.1 Å². The van der Waals surface area contributed by atoms with E-state index < -0.39 is 0 Å².